The van der Waals surface area contributed by atoms with E-state index >= 15 is 0 Å². The molecule has 0 aromatic heterocycles. The normalized spacial score (nSPS) is 21.2. The van der Waals surface area contributed by atoms with Gasteiger partial charge < -0.3 is 0 Å². The molecule has 0 heterocycles. The van der Waals surface area contributed by atoms with Crippen LogP contribution in [0, 0.1) is 11.8 Å². The van der Waals surface area contributed by atoms with Gasteiger partial charge in [0.2, 0.25) is 0 Å². The lowest BCUT2D eigenvalue weighted by molar-refractivity contribution is 0.315. The first-order chi connectivity index (χ1) is 10.8. The van der Waals surface area contributed by atoms with E-state index in [1.807, 2.05) is 0 Å². The average Bonchev–Trinajstić information content (AvgIpc) is 3.03. The van der Waals surface area contributed by atoms with E-state index in [2.05, 4.69) is 84.9 Å². The van der Waals surface area contributed by atoms with Crippen molar-refractivity contribution >= 4 is 11.4 Å². The number of anilines is 2. The van der Waals surface area contributed by atoms with Crippen LogP contribution in [0.5, 0.6) is 0 Å². The van der Waals surface area contributed by atoms with Crippen LogP contribution in [0.2, 0.25) is 0 Å². The van der Waals surface area contributed by atoms with Crippen molar-refractivity contribution in [2.75, 3.05) is 5.01 Å². The molecule has 2 aromatic carbocycles. The SMILES string of the molecule is CC(C)[C@H]1CCC[C@@H]1NN(c1ccccc1)c1ccccc1. The summed E-state index contributed by atoms with van der Waals surface area (Å²) in [6, 6.07) is 21.8. The van der Waals surface area contributed by atoms with Crippen molar-refractivity contribution in [3.63, 3.8) is 0 Å². The van der Waals surface area contributed by atoms with Gasteiger partial charge >= 0.3 is 0 Å². The molecule has 2 heteroatoms. The number of para-hydroxylation sites is 2. The molecule has 116 valence electrons. The molecule has 1 aliphatic carbocycles. The maximum absolute atomic E-state index is 3.81. The number of nitrogens with one attached hydrogen (secondary N) is 1. The van der Waals surface area contributed by atoms with E-state index < -0.39 is 0 Å². The molecule has 0 spiro atoms. The van der Waals surface area contributed by atoms with Crippen molar-refractivity contribution in [3.8, 4) is 0 Å². The summed E-state index contributed by atoms with van der Waals surface area (Å²) in [7, 11) is 0. The van der Waals surface area contributed by atoms with Crippen LogP contribution in [-0.2, 0) is 0 Å². The van der Waals surface area contributed by atoms with Gasteiger partial charge in [0.1, 0.15) is 0 Å². The Labute approximate surface area is 134 Å². The Kier molecular flexibility index (Phi) is 4.79. The van der Waals surface area contributed by atoms with Gasteiger partial charge in [-0.2, -0.15) is 0 Å². The predicted molar refractivity (Wildman–Crippen MR) is 94.1 cm³/mol. The number of hydrazine groups is 1. The third kappa shape index (κ3) is 3.33. The van der Waals surface area contributed by atoms with Gasteiger partial charge in [-0.15, -0.1) is 0 Å². The Morgan fingerprint density at radius 3 is 1.91 bits per heavy atom. The fourth-order valence-corrected chi connectivity index (χ4v) is 3.57. The molecular weight excluding hydrogens is 268 g/mol. The maximum Gasteiger partial charge on any atom is 0.0577 e. The standard InChI is InChI=1S/C20H26N2/c1-16(2)19-14-9-15-20(19)21-22(17-10-5-3-6-11-17)18-12-7-4-8-13-18/h3-8,10-13,16,19-21H,9,14-15H2,1-2H3/t19-,20+/m1/s1. The highest BCUT2D eigenvalue weighted by molar-refractivity contribution is 5.61. The summed E-state index contributed by atoms with van der Waals surface area (Å²) >= 11 is 0. The molecule has 3 rings (SSSR count). The molecule has 1 N–H and O–H groups in total. The second-order valence-corrected chi connectivity index (χ2v) is 6.58. The van der Waals surface area contributed by atoms with E-state index in [0.717, 1.165) is 11.8 Å². The Hall–Kier alpha value is -1.80. The molecule has 2 atom stereocenters. The van der Waals surface area contributed by atoms with E-state index in [9.17, 15) is 0 Å². The van der Waals surface area contributed by atoms with E-state index in [0.29, 0.717) is 6.04 Å². The van der Waals surface area contributed by atoms with Crippen molar-refractivity contribution < 1.29 is 0 Å². The van der Waals surface area contributed by atoms with Crippen LogP contribution < -0.4 is 10.4 Å². The lowest BCUT2D eigenvalue weighted by Gasteiger charge is -2.33. The van der Waals surface area contributed by atoms with Gasteiger partial charge in [-0.05, 0) is 48.9 Å². The smallest absolute Gasteiger partial charge is 0.0577 e. The van der Waals surface area contributed by atoms with Gasteiger partial charge in [-0.25, -0.2) is 5.43 Å². The van der Waals surface area contributed by atoms with Crippen molar-refractivity contribution in [2.45, 2.75) is 39.2 Å². The summed E-state index contributed by atoms with van der Waals surface area (Å²) in [5.74, 6) is 1.49. The first-order valence-corrected chi connectivity index (χ1v) is 8.42. The molecule has 0 unspecified atom stereocenters. The maximum atomic E-state index is 3.81. The summed E-state index contributed by atoms with van der Waals surface area (Å²) in [4.78, 5) is 0. The zero-order valence-corrected chi connectivity index (χ0v) is 13.6. The summed E-state index contributed by atoms with van der Waals surface area (Å²) in [5, 5.41) is 2.26. The fraction of sp³-hybridized carbons (Fsp3) is 0.400. The van der Waals surface area contributed by atoms with Gasteiger partial charge in [-0.3, -0.25) is 5.01 Å². The molecule has 1 aliphatic rings. The molecule has 1 saturated carbocycles. The third-order valence-corrected chi connectivity index (χ3v) is 4.75. The summed E-state index contributed by atoms with van der Waals surface area (Å²) in [5.41, 5.74) is 6.21. The van der Waals surface area contributed by atoms with Crippen LogP contribution in [0.15, 0.2) is 60.7 Å². The number of hydrogen-bond donors (Lipinski definition) is 1. The minimum Gasteiger partial charge on any atom is -0.277 e. The van der Waals surface area contributed by atoms with E-state index in [-0.39, 0.29) is 0 Å². The zero-order valence-electron chi connectivity index (χ0n) is 13.6. The Bertz CT molecular complexity index is 525. The second-order valence-electron chi connectivity index (χ2n) is 6.58. The monoisotopic (exact) mass is 294 g/mol. The quantitative estimate of drug-likeness (QED) is 0.767. The van der Waals surface area contributed by atoms with Crippen LogP contribution in [0.1, 0.15) is 33.1 Å². The highest BCUT2D eigenvalue weighted by atomic mass is 15.5. The predicted octanol–water partition coefficient (Wildman–Crippen LogP) is 5.15. The first-order valence-electron chi connectivity index (χ1n) is 8.42. The molecule has 22 heavy (non-hydrogen) atoms. The van der Waals surface area contributed by atoms with E-state index in [1.165, 1.54) is 30.6 Å². The minimum absolute atomic E-state index is 0.556. The van der Waals surface area contributed by atoms with Gasteiger partial charge in [-0.1, -0.05) is 56.7 Å². The summed E-state index contributed by atoms with van der Waals surface area (Å²) in [6.07, 6.45) is 3.93. The van der Waals surface area contributed by atoms with Gasteiger partial charge in [0.25, 0.3) is 0 Å². The fourth-order valence-electron chi connectivity index (χ4n) is 3.57. The molecule has 0 bridgehead atoms. The molecule has 2 nitrogen and oxygen atoms in total. The number of benzene rings is 2. The second kappa shape index (κ2) is 6.97. The van der Waals surface area contributed by atoms with Crippen molar-refractivity contribution in [1.82, 2.24) is 5.43 Å². The van der Waals surface area contributed by atoms with Crippen molar-refractivity contribution in [2.24, 2.45) is 11.8 Å². The van der Waals surface area contributed by atoms with Crippen molar-refractivity contribution in [1.29, 1.82) is 0 Å². The van der Waals surface area contributed by atoms with Crippen molar-refractivity contribution in [3.05, 3.63) is 60.7 Å². The van der Waals surface area contributed by atoms with Gasteiger partial charge in [0, 0.05) is 6.04 Å². The molecule has 0 aliphatic heterocycles. The summed E-state index contributed by atoms with van der Waals surface area (Å²) in [6.45, 7) is 4.69. The minimum atomic E-state index is 0.556. The zero-order chi connectivity index (χ0) is 15.4. The first kappa shape index (κ1) is 15.1. The average molecular weight is 294 g/mol. The highest BCUT2D eigenvalue weighted by Crippen LogP contribution is 2.33. The van der Waals surface area contributed by atoms with Crippen LogP contribution in [0.25, 0.3) is 0 Å². The Morgan fingerprint density at radius 2 is 1.41 bits per heavy atom. The Balaban J connectivity index is 1.86. The molecule has 0 radical (unpaired) electrons. The number of hydrogen-bond acceptors (Lipinski definition) is 2. The largest absolute Gasteiger partial charge is 0.277 e. The topological polar surface area (TPSA) is 15.3 Å². The van der Waals surface area contributed by atoms with Crippen LogP contribution in [-0.4, -0.2) is 6.04 Å². The lowest BCUT2D eigenvalue weighted by Crippen LogP contribution is -2.45. The van der Waals surface area contributed by atoms with E-state index in [1.54, 1.807) is 0 Å². The molecule has 0 amide bonds. The van der Waals surface area contributed by atoms with Crippen LogP contribution >= 0.6 is 0 Å². The third-order valence-electron chi connectivity index (χ3n) is 4.75. The van der Waals surface area contributed by atoms with Crippen LogP contribution in [0.3, 0.4) is 0 Å². The van der Waals surface area contributed by atoms with E-state index in [4.69, 9.17) is 0 Å². The molecule has 2 aromatic rings. The molecular formula is C20H26N2. The highest BCUT2D eigenvalue weighted by Gasteiger charge is 2.31. The van der Waals surface area contributed by atoms with Gasteiger partial charge in [0.15, 0.2) is 0 Å². The number of rotatable bonds is 5. The van der Waals surface area contributed by atoms with Gasteiger partial charge in [0.05, 0.1) is 11.4 Å². The van der Waals surface area contributed by atoms with Crippen LogP contribution in [0.4, 0.5) is 11.4 Å². The Morgan fingerprint density at radius 1 is 0.864 bits per heavy atom. The summed E-state index contributed by atoms with van der Waals surface area (Å²) < 4.78 is 0. The lowest BCUT2D eigenvalue weighted by atomic mass is 9.91. The molecule has 0 saturated heterocycles. The molecule has 1 fully saturated rings. The number of nitrogens with zero attached hydrogens (tertiary/aromatic N) is 1.